The summed E-state index contributed by atoms with van der Waals surface area (Å²) in [5, 5.41) is 8.48. The topological polar surface area (TPSA) is 38.2 Å². The lowest BCUT2D eigenvalue weighted by Gasteiger charge is -2.29. The van der Waals surface area contributed by atoms with Crippen molar-refractivity contribution in [1.82, 2.24) is 10.2 Å². The Morgan fingerprint density at radius 1 is 1.47 bits per heavy atom. The molecule has 1 aliphatic carbocycles. The molecule has 2 rings (SSSR count). The van der Waals surface area contributed by atoms with Crippen LogP contribution in [0.5, 0.6) is 0 Å². The Morgan fingerprint density at radius 2 is 2.24 bits per heavy atom. The van der Waals surface area contributed by atoms with Crippen molar-refractivity contribution in [2.24, 2.45) is 5.92 Å². The highest BCUT2D eigenvalue weighted by Crippen LogP contribution is 2.36. The standard InChI is InChI=1S/C12H18ClN3O/c1-9(10-3-4-10)16(7-8-17-2)12-6-5-11(13)14-15-12/h5-6,9-10H,3-4,7-8H2,1-2H3. The van der Waals surface area contributed by atoms with Crippen molar-refractivity contribution in [2.45, 2.75) is 25.8 Å². The van der Waals surface area contributed by atoms with Gasteiger partial charge in [0.1, 0.15) is 0 Å². The lowest BCUT2D eigenvalue weighted by atomic mass is 10.2. The van der Waals surface area contributed by atoms with E-state index in [4.69, 9.17) is 16.3 Å². The molecule has 1 fully saturated rings. The first-order valence-corrected chi connectivity index (χ1v) is 6.35. The van der Waals surface area contributed by atoms with Crippen molar-refractivity contribution in [1.29, 1.82) is 0 Å². The molecular weight excluding hydrogens is 238 g/mol. The summed E-state index contributed by atoms with van der Waals surface area (Å²) < 4.78 is 5.15. The van der Waals surface area contributed by atoms with Gasteiger partial charge in [-0.25, -0.2) is 0 Å². The number of methoxy groups -OCH3 is 1. The summed E-state index contributed by atoms with van der Waals surface area (Å²) in [5.74, 6) is 1.66. The van der Waals surface area contributed by atoms with Gasteiger partial charge in [-0.1, -0.05) is 11.6 Å². The molecule has 0 aromatic carbocycles. The van der Waals surface area contributed by atoms with Gasteiger partial charge in [0.15, 0.2) is 11.0 Å². The first-order chi connectivity index (χ1) is 8.22. The number of hydrogen-bond acceptors (Lipinski definition) is 4. The molecule has 0 N–H and O–H groups in total. The molecule has 17 heavy (non-hydrogen) atoms. The van der Waals surface area contributed by atoms with Gasteiger partial charge in [-0.3, -0.25) is 0 Å². The highest BCUT2D eigenvalue weighted by molar-refractivity contribution is 6.29. The van der Waals surface area contributed by atoms with Gasteiger partial charge in [0.25, 0.3) is 0 Å². The Hall–Kier alpha value is -0.870. The largest absolute Gasteiger partial charge is 0.383 e. The van der Waals surface area contributed by atoms with Crippen LogP contribution in [-0.4, -0.2) is 36.5 Å². The SMILES string of the molecule is COCCN(c1ccc(Cl)nn1)C(C)C1CC1. The van der Waals surface area contributed by atoms with E-state index in [2.05, 4.69) is 22.0 Å². The predicted molar refractivity (Wildman–Crippen MR) is 68.5 cm³/mol. The molecular formula is C12H18ClN3O. The summed E-state index contributed by atoms with van der Waals surface area (Å²) in [6.45, 7) is 3.77. The van der Waals surface area contributed by atoms with Crippen LogP contribution in [0.1, 0.15) is 19.8 Å². The Labute approximate surface area is 107 Å². The van der Waals surface area contributed by atoms with Crippen LogP contribution in [0.4, 0.5) is 5.82 Å². The summed E-state index contributed by atoms with van der Waals surface area (Å²) in [7, 11) is 1.72. The molecule has 0 spiro atoms. The first kappa shape index (κ1) is 12.6. The zero-order chi connectivity index (χ0) is 12.3. The van der Waals surface area contributed by atoms with Gasteiger partial charge < -0.3 is 9.64 Å². The van der Waals surface area contributed by atoms with Crippen molar-refractivity contribution >= 4 is 17.4 Å². The number of ether oxygens (including phenoxy) is 1. The molecule has 0 aliphatic heterocycles. The van der Waals surface area contributed by atoms with E-state index in [0.717, 1.165) is 18.3 Å². The quantitative estimate of drug-likeness (QED) is 0.782. The summed E-state index contributed by atoms with van der Waals surface area (Å²) in [6, 6.07) is 4.19. The van der Waals surface area contributed by atoms with Gasteiger partial charge in [-0.15, -0.1) is 10.2 Å². The number of anilines is 1. The minimum atomic E-state index is 0.430. The first-order valence-electron chi connectivity index (χ1n) is 5.97. The summed E-state index contributed by atoms with van der Waals surface area (Å²) in [5.41, 5.74) is 0. The maximum absolute atomic E-state index is 5.76. The third-order valence-electron chi connectivity index (χ3n) is 3.24. The third kappa shape index (κ3) is 3.30. The monoisotopic (exact) mass is 255 g/mol. The molecule has 4 nitrogen and oxygen atoms in total. The molecule has 1 heterocycles. The fourth-order valence-electron chi connectivity index (χ4n) is 2.01. The molecule has 0 amide bonds. The Bertz CT molecular complexity index is 353. The Morgan fingerprint density at radius 3 is 2.76 bits per heavy atom. The average Bonchev–Trinajstić information content (AvgIpc) is 3.15. The molecule has 1 aromatic heterocycles. The van der Waals surface area contributed by atoms with Crippen molar-refractivity contribution < 1.29 is 4.74 Å². The van der Waals surface area contributed by atoms with E-state index in [-0.39, 0.29) is 0 Å². The lowest BCUT2D eigenvalue weighted by Crippen LogP contribution is -2.38. The van der Waals surface area contributed by atoms with E-state index < -0.39 is 0 Å². The molecule has 1 unspecified atom stereocenters. The maximum atomic E-state index is 5.76. The van der Waals surface area contributed by atoms with E-state index in [1.165, 1.54) is 12.8 Å². The minimum Gasteiger partial charge on any atom is -0.383 e. The van der Waals surface area contributed by atoms with Crippen LogP contribution >= 0.6 is 11.6 Å². The van der Waals surface area contributed by atoms with Gasteiger partial charge in [0.05, 0.1) is 6.61 Å². The number of halogens is 1. The second kappa shape index (κ2) is 5.65. The molecule has 94 valence electrons. The van der Waals surface area contributed by atoms with E-state index >= 15 is 0 Å². The van der Waals surface area contributed by atoms with E-state index in [0.29, 0.717) is 17.8 Å². The molecule has 0 bridgehead atoms. The van der Waals surface area contributed by atoms with Crippen LogP contribution < -0.4 is 4.90 Å². The fourth-order valence-corrected chi connectivity index (χ4v) is 2.11. The second-order valence-corrected chi connectivity index (χ2v) is 4.87. The highest BCUT2D eigenvalue weighted by atomic mass is 35.5. The zero-order valence-corrected chi connectivity index (χ0v) is 11.0. The van der Waals surface area contributed by atoms with Gasteiger partial charge in [-0.05, 0) is 37.8 Å². The second-order valence-electron chi connectivity index (χ2n) is 4.48. The van der Waals surface area contributed by atoms with Crippen LogP contribution in [-0.2, 0) is 4.74 Å². The summed E-state index contributed by atoms with van der Waals surface area (Å²) in [6.07, 6.45) is 2.62. The smallest absolute Gasteiger partial charge is 0.151 e. The fraction of sp³-hybridized carbons (Fsp3) is 0.667. The molecule has 1 atom stereocenters. The molecule has 1 aliphatic rings. The predicted octanol–water partition coefficient (Wildman–Crippen LogP) is 2.38. The highest BCUT2D eigenvalue weighted by Gasteiger charge is 2.32. The van der Waals surface area contributed by atoms with Gasteiger partial charge in [-0.2, -0.15) is 0 Å². The summed E-state index contributed by atoms with van der Waals surface area (Å²) >= 11 is 5.76. The average molecular weight is 256 g/mol. The van der Waals surface area contributed by atoms with Gasteiger partial charge in [0.2, 0.25) is 0 Å². The van der Waals surface area contributed by atoms with E-state index in [1.54, 1.807) is 13.2 Å². The third-order valence-corrected chi connectivity index (χ3v) is 3.45. The normalized spacial score (nSPS) is 16.9. The Kier molecular flexibility index (Phi) is 4.18. The van der Waals surface area contributed by atoms with Crippen LogP contribution in [0, 0.1) is 5.92 Å². The van der Waals surface area contributed by atoms with Crippen LogP contribution in [0.15, 0.2) is 12.1 Å². The van der Waals surface area contributed by atoms with Crippen LogP contribution in [0.3, 0.4) is 0 Å². The van der Waals surface area contributed by atoms with E-state index in [9.17, 15) is 0 Å². The van der Waals surface area contributed by atoms with Crippen LogP contribution in [0.2, 0.25) is 5.15 Å². The Balaban J connectivity index is 2.10. The van der Waals surface area contributed by atoms with Crippen LogP contribution in [0.25, 0.3) is 0 Å². The number of aromatic nitrogens is 2. The van der Waals surface area contributed by atoms with Crippen molar-refractivity contribution in [3.63, 3.8) is 0 Å². The number of rotatable bonds is 6. The van der Waals surface area contributed by atoms with Gasteiger partial charge in [0, 0.05) is 19.7 Å². The molecule has 0 saturated heterocycles. The molecule has 1 aromatic rings. The molecule has 5 heteroatoms. The van der Waals surface area contributed by atoms with Crippen molar-refractivity contribution in [3.05, 3.63) is 17.3 Å². The number of nitrogens with zero attached hydrogens (tertiary/aromatic N) is 3. The molecule has 0 radical (unpaired) electrons. The van der Waals surface area contributed by atoms with Crippen molar-refractivity contribution in [2.75, 3.05) is 25.2 Å². The molecule has 1 saturated carbocycles. The maximum Gasteiger partial charge on any atom is 0.151 e. The summed E-state index contributed by atoms with van der Waals surface area (Å²) in [4.78, 5) is 2.25. The number of hydrogen-bond donors (Lipinski definition) is 0. The minimum absolute atomic E-state index is 0.430. The van der Waals surface area contributed by atoms with Gasteiger partial charge >= 0.3 is 0 Å². The van der Waals surface area contributed by atoms with Crippen molar-refractivity contribution in [3.8, 4) is 0 Å². The zero-order valence-electron chi connectivity index (χ0n) is 10.3. The lowest BCUT2D eigenvalue weighted by molar-refractivity contribution is 0.202. The van der Waals surface area contributed by atoms with E-state index in [1.807, 2.05) is 6.07 Å².